The number of fused-ring (bicyclic) bond motifs is 4. The Kier molecular flexibility index (Phi) is 3.89. The Labute approximate surface area is 169 Å². The van der Waals surface area contributed by atoms with E-state index in [1.165, 1.54) is 18.5 Å². The summed E-state index contributed by atoms with van der Waals surface area (Å²) in [6.07, 6.45) is 3.57. The number of carbonyl (C=O) groups is 3. The van der Waals surface area contributed by atoms with Crippen LogP contribution in [0.4, 0.5) is 4.39 Å². The summed E-state index contributed by atoms with van der Waals surface area (Å²) >= 11 is 0. The van der Waals surface area contributed by atoms with E-state index >= 15 is 0 Å². The number of carbonyl (C=O) groups excluding carboxylic acids is 3. The van der Waals surface area contributed by atoms with Crippen molar-refractivity contribution in [1.82, 2.24) is 15.0 Å². The molecule has 0 fully saturated rings. The molecule has 5 rings (SSSR count). The van der Waals surface area contributed by atoms with Gasteiger partial charge in [-0.1, -0.05) is 12.1 Å². The highest BCUT2D eigenvalue weighted by Gasteiger charge is 2.53. The Bertz CT molecular complexity index is 1230. The number of hydrogen-bond acceptors (Lipinski definition) is 6. The molecular weight excluding hydrogens is 393 g/mol. The molecule has 8 nitrogen and oxygen atoms in total. The van der Waals surface area contributed by atoms with Crippen LogP contribution in [0, 0.1) is 18.7 Å². The smallest absolute Gasteiger partial charge is 0.334 e. The number of ether oxygens (including phenoxy) is 2. The highest BCUT2D eigenvalue weighted by Crippen LogP contribution is 2.46. The first-order valence-corrected chi connectivity index (χ1v) is 9.36. The van der Waals surface area contributed by atoms with Gasteiger partial charge in [0.2, 0.25) is 0 Å². The summed E-state index contributed by atoms with van der Waals surface area (Å²) in [4.78, 5) is 47.9. The molecule has 30 heavy (non-hydrogen) atoms. The second-order valence-corrected chi connectivity index (χ2v) is 7.41. The molecule has 2 aliphatic rings. The highest BCUT2D eigenvalue weighted by molar-refractivity contribution is 6.12. The van der Waals surface area contributed by atoms with E-state index in [-0.39, 0.29) is 35.4 Å². The maximum absolute atomic E-state index is 14.5. The van der Waals surface area contributed by atoms with Gasteiger partial charge in [-0.15, -0.1) is 0 Å². The second kappa shape index (κ2) is 6.38. The minimum absolute atomic E-state index is 0.0630. The Balaban J connectivity index is 1.72. The predicted octanol–water partition coefficient (Wildman–Crippen LogP) is 2.59. The summed E-state index contributed by atoms with van der Waals surface area (Å²) in [6, 6.07) is 4.33. The molecule has 9 heteroatoms. The van der Waals surface area contributed by atoms with Crippen molar-refractivity contribution in [1.29, 1.82) is 0 Å². The fourth-order valence-corrected chi connectivity index (χ4v) is 4.17. The number of H-pyrrole nitrogens is 2. The van der Waals surface area contributed by atoms with E-state index in [4.69, 9.17) is 9.47 Å². The third-order valence-electron chi connectivity index (χ3n) is 5.56. The lowest BCUT2D eigenvalue weighted by Crippen LogP contribution is -2.44. The maximum Gasteiger partial charge on any atom is 0.334 e. The molecule has 3 heterocycles. The van der Waals surface area contributed by atoms with Crippen LogP contribution in [0.15, 0.2) is 36.7 Å². The first-order valence-electron chi connectivity index (χ1n) is 9.36. The normalized spacial score (nSPS) is 20.2. The fraction of sp³-hybridized carbons (Fsp3) is 0.238. The zero-order valence-electron chi connectivity index (χ0n) is 15.8. The SMILES string of the molecule is Cc1[nH]cnc1CC1CC2(OC(=O)C=CC(=O)O2)c2[nH]c3c(F)cccc3c2C1=O. The summed E-state index contributed by atoms with van der Waals surface area (Å²) in [7, 11) is 0. The lowest BCUT2D eigenvalue weighted by molar-refractivity contribution is -0.234. The van der Waals surface area contributed by atoms with Gasteiger partial charge in [0, 0.05) is 42.0 Å². The summed E-state index contributed by atoms with van der Waals surface area (Å²) < 4.78 is 25.5. The van der Waals surface area contributed by atoms with E-state index in [1.807, 2.05) is 6.92 Å². The average Bonchev–Trinajstić information content (AvgIpc) is 3.26. The van der Waals surface area contributed by atoms with E-state index in [2.05, 4.69) is 15.0 Å². The minimum Gasteiger partial charge on any atom is -0.413 e. The molecule has 152 valence electrons. The lowest BCUT2D eigenvalue weighted by atomic mass is 9.78. The van der Waals surface area contributed by atoms with Crippen molar-refractivity contribution in [3.05, 3.63) is 65.1 Å². The van der Waals surface area contributed by atoms with E-state index in [0.29, 0.717) is 11.1 Å². The molecule has 2 aromatic heterocycles. The van der Waals surface area contributed by atoms with Crippen LogP contribution in [0.25, 0.3) is 10.9 Å². The number of esters is 2. The minimum atomic E-state index is -1.87. The number of rotatable bonds is 2. The number of nitrogens with zero attached hydrogens (tertiary/aromatic N) is 1. The van der Waals surface area contributed by atoms with Crippen molar-refractivity contribution < 1.29 is 28.2 Å². The van der Waals surface area contributed by atoms with Crippen molar-refractivity contribution >= 4 is 28.6 Å². The van der Waals surface area contributed by atoms with Gasteiger partial charge in [-0.3, -0.25) is 4.79 Å². The zero-order chi connectivity index (χ0) is 21.0. The Morgan fingerprint density at radius 1 is 1.20 bits per heavy atom. The van der Waals surface area contributed by atoms with E-state index in [0.717, 1.165) is 17.8 Å². The summed E-state index contributed by atoms with van der Waals surface area (Å²) in [6.45, 7) is 1.83. The first-order chi connectivity index (χ1) is 14.4. The standard InChI is InChI=1S/C21H16FN3O5/c1-10-14(24-9-23-10)7-11-8-21(29-15(26)5-6-16(27)30-21)20-17(19(11)28)12-3-2-4-13(22)18(12)25-20/h2-6,9,11,25H,7-8H2,1H3,(H,23,24). The molecule has 1 spiro atoms. The van der Waals surface area contributed by atoms with Gasteiger partial charge in [0.25, 0.3) is 5.79 Å². The van der Waals surface area contributed by atoms with Gasteiger partial charge in [0.15, 0.2) is 5.78 Å². The van der Waals surface area contributed by atoms with Crippen LogP contribution < -0.4 is 0 Å². The molecule has 1 aromatic carbocycles. The number of halogens is 1. The molecule has 1 unspecified atom stereocenters. The molecule has 1 aliphatic heterocycles. The number of hydrogen-bond donors (Lipinski definition) is 2. The zero-order valence-corrected chi connectivity index (χ0v) is 15.8. The lowest BCUT2D eigenvalue weighted by Gasteiger charge is -2.37. The highest BCUT2D eigenvalue weighted by atomic mass is 19.1. The van der Waals surface area contributed by atoms with Gasteiger partial charge in [-0.05, 0) is 13.0 Å². The molecule has 0 radical (unpaired) electrons. The summed E-state index contributed by atoms with van der Waals surface area (Å²) in [5, 5.41) is 0.335. The molecule has 2 N–H and O–H groups in total. The van der Waals surface area contributed by atoms with E-state index in [1.54, 1.807) is 6.07 Å². The van der Waals surface area contributed by atoms with Gasteiger partial charge in [0.1, 0.15) is 11.5 Å². The van der Waals surface area contributed by atoms with Gasteiger partial charge in [-0.2, -0.15) is 0 Å². The predicted molar refractivity (Wildman–Crippen MR) is 101 cm³/mol. The van der Waals surface area contributed by atoms with Gasteiger partial charge < -0.3 is 19.4 Å². The molecule has 0 amide bonds. The third-order valence-corrected chi connectivity index (χ3v) is 5.56. The maximum atomic E-state index is 14.5. The Morgan fingerprint density at radius 2 is 1.93 bits per heavy atom. The topological polar surface area (TPSA) is 114 Å². The largest absolute Gasteiger partial charge is 0.413 e. The van der Waals surface area contributed by atoms with Crippen LogP contribution in [-0.4, -0.2) is 32.7 Å². The molecule has 0 saturated carbocycles. The van der Waals surface area contributed by atoms with Crippen LogP contribution in [0.1, 0.15) is 33.9 Å². The number of ketones is 1. The van der Waals surface area contributed by atoms with Crippen molar-refractivity contribution in [3.8, 4) is 0 Å². The number of Topliss-reactive ketones (excluding diaryl/α,β-unsaturated/α-hetero) is 1. The van der Waals surface area contributed by atoms with Crippen LogP contribution in [-0.2, 0) is 31.3 Å². The number of aromatic nitrogens is 3. The van der Waals surface area contributed by atoms with Crippen molar-refractivity contribution in [3.63, 3.8) is 0 Å². The molecule has 0 bridgehead atoms. The van der Waals surface area contributed by atoms with Crippen molar-refractivity contribution in [2.45, 2.75) is 25.6 Å². The number of nitrogens with one attached hydrogen (secondary N) is 2. The number of aromatic amines is 2. The quantitative estimate of drug-likeness (QED) is 0.629. The average molecular weight is 409 g/mol. The van der Waals surface area contributed by atoms with Crippen LogP contribution in [0.3, 0.4) is 0 Å². The first kappa shape index (κ1) is 18.3. The van der Waals surface area contributed by atoms with Crippen LogP contribution in [0.2, 0.25) is 0 Å². The monoisotopic (exact) mass is 409 g/mol. The van der Waals surface area contributed by atoms with Gasteiger partial charge >= 0.3 is 11.9 Å². The van der Waals surface area contributed by atoms with Crippen LogP contribution in [0.5, 0.6) is 0 Å². The second-order valence-electron chi connectivity index (χ2n) is 7.41. The van der Waals surface area contributed by atoms with Gasteiger partial charge in [-0.25, -0.2) is 19.0 Å². The summed E-state index contributed by atoms with van der Waals surface area (Å²) in [5.41, 5.74) is 1.76. The number of para-hydroxylation sites is 1. The number of imidazole rings is 1. The van der Waals surface area contributed by atoms with E-state index < -0.39 is 29.5 Å². The third kappa shape index (κ3) is 2.66. The molecule has 3 aromatic rings. The molecule has 1 aliphatic carbocycles. The van der Waals surface area contributed by atoms with E-state index in [9.17, 15) is 18.8 Å². The van der Waals surface area contributed by atoms with Crippen LogP contribution >= 0.6 is 0 Å². The number of benzene rings is 1. The number of aryl methyl sites for hydroxylation is 1. The van der Waals surface area contributed by atoms with Crippen molar-refractivity contribution in [2.75, 3.05) is 0 Å². The van der Waals surface area contributed by atoms with Crippen molar-refractivity contribution in [2.24, 2.45) is 5.92 Å². The van der Waals surface area contributed by atoms with Gasteiger partial charge in [0.05, 0.1) is 23.1 Å². The fourth-order valence-electron chi connectivity index (χ4n) is 4.17. The Morgan fingerprint density at radius 3 is 2.60 bits per heavy atom. The Hall–Kier alpha value is -3.75. The molecule has 0 saturated heterocycles. The molecule has 1 atom stereocenters. The summed E-state index contributed by atoms with van der Waals surface area (Å²) in [5.74, 6) is -5.01. The molecular formula is C21H16FN3O5.